The van der Waals surface area contributed by atoms with Crippen molar-refractivity contribution in [3.8, 4) is 5.75 Å². The molecule has 0 unspecified atom stereocenters. The fraction of sp³-hybridized carbons (Fsp3) is 0.0500. The van der Waals surface area contributed by atoms with Gasteiger partial charge in [0, 0.05) is 4.47 Å². The van der Waals surface area contributed by atoms with Crippen LogP contribution in [0, 0.1) is 0 Å². The number of benzene rings is 2. The molecule has 134 valence electrons. The van der Waals surface area contributed by atoms with Crippen molar-refractivity contribution in [2.45, 2.75) is 0 Å². The normalized spacial score (nSPS) is 12.3. The smallest absolute Gasteiger partial charge is 0.291 e. The summed E-state index contributed by atoms with van der Waals surface area (Å²) >= 11 is 4.82. The molecule has 0 aliphatic carbocycles. The molecule has 7 heteroatoms. The lowest BCUT2D eigenvalue weighted by atomic mass is 10.2. The molecule has 4 rings (SSSR count). The summed E-state index contributed by atoms with van der Waals surface area (Å²) in [6, 6.07) is 15.4. The zero-order valence-electron chi connectivity index (χ0n) is 14.3. The molecule has 0 spiro atoms. The maximum Gasteiger partial charge on any atom is 0.291 e. The number of hydrogen-bond donors (Lipinski definition) is 0. The van der Waals surface area contributed by atoms with Gasteiger partial charge in [0.1, 0.15) is 5.75 Å². The molecule has 2 heterocycles. The van der Waals surface area contributed by atoms with Crippen molar-refractivity contribution < 1.29 is 4.74 Å². The molecular formula is C20H14BrN3O2S. The average molecular weight is 440 g/mol. The van der Waals surface area contributed by atoms with Gasteiger partial charge in [0.05, 0.1) is 11.6 Å². The second-order valence-corrected chi connectivity index (χ2v) is 7.57. The van der Waals surface area contributed by atoms with E-state index in [1.54, 1.807) is 13.2 Å². The molecule has 2 aromatic carbocycles. The zero-order chi connectivity index (χ0) is 18.8. The van der Waals surface area contributed by atoms with Crippen LogP contribution in [0.25, 0.3) is 23.2 Å². The van der Waals surface area contributed by atoms with Gasteiger partial charge in [-0.15, -0.1) is 5.10 Å². The SMILES string of the molecule is COc1ccc(C=Cc2nc3sc(=Cc4ccccc4Br)c(=O)n3n2)cc1. The highest BCUT2D eigenvalue weighted by molar-refractivity contribution is 9.10. The Morgan fingerprint density at radius 1 is 1.11 bits per heavy atom. The number of hydrogen-bond acceptors (Lipinski definition) is 5. The molecule has 0 radical (unpaired) electrons. The second-order valence-electron chi connectivity index (χ2n) is 5.71. The van der Waals surface area contributed by atoms with Gasteiger partial charge >= 0.3 is 0 Å². The van der Waals surface area contributed by atoms with Crippen LogP contribution in [0.3, 0.4) is 0 Å². The predicted octanol–water partition coefficient (Wildman–Crippen LogP) is 3.64. The predicted molar refractivity (Wildman–Crippen MR) is 112 cm³/mol. The van der Waals surface area contributed by atoms with E-state index in [1.807, 2.05) is 60.7 Å². The fourth-order valence-electron chi connectivity index (χ4n) is 2.54. The molecule has 0 N–H and O–H groups in total. The molecule has 0 aliphatic heterocycles. The fourth-order valence-corrected chi connectivity index (χ4v) is 3.84. The first-order valence-electron chi connectivity index (χ1n) is 8.12. The van der Waals surface area contributed by atoms with Crippen LogP contribution in [0.1, 0.15) is 17.0 Å². The van der Waals surface area contributed by atoms with Gasteiger partial charge in [-0.1, -0.05) is 63.7 Å². The summed E-state index contributed by atoms with van der Waals surface area (Å²) in [4.78, 5) is 17.6. The quantitative estimate of drug-likeness (QED) is 0.486. The molecule has 0 atom stereocenters. The maximum absolute atomic E-state index is 12.6. The van der Waals surface area contributed by atoms with E-state index in [0.29, 0.717) is 15.3 Å². The number of halogens is 1. The van der Waals surface area contributed by atoms with Gasteiger partial charge in [-0.2, -0.15) is 9.50 Å². The standard InChI is InChI=1S/C20H14BrN3O2S/c1-26-15-9-6-13(7-10-15)8-11-18-22-20-24(23-18)19(25)17(27-20)12-14-4-2-3-5-16(14)21/h2-12H,1H3. The van der Waals surface area contributed by atoms with Gasteiger partial charge in [-0.25, -0.2) is 0 Å². The summed E-state index contributed by atoms with van der Waals surface area (Å²) in [5, 5.41) is 4.31. The summed E-state index contributed by atoms with van der Waals surface area (Å²) in [6.07, 6.45) is 5.54. The van der Waals surface area contributed by atoms with Crippen LogP contribution >= 0.6 is 27.3 Å². The van der Waals surface area contributed by atoms with E-state index < -0.39 is 0 Å². The number of rotatable bonds is 4. The van der Waals surface area contributed by atoms with Crippen LogP contribution in [-0.2, 0) is 0 Å². The minimum atomic E-state index is -0.164. The Hall–Kier alpha value is -2.77. The molecule has 0 amide bonds. The molecule has 0 fully saturated rings. The van der Waals surface area contributed by atoms with Gasteiger partial charge in [-0.3, -0.25) is 4.79 Å². The van der Waals surface area contributed by atoms with E-state index in [2.05, 4.69) is 26.0 Å². The third-order valence-electron chi connectivity index (χ3n) is 3.93. The Balaban J connectivity index is 1.65. The van der Waals surface area contributed by atoms with Crippen LogP contribution < -0.4 is 14.8 Å². The van der Waals surface area contributed by atoms with Gasteiger partial charge in [0.25, 0.3) is 5.56 Å². The summed E-state index contributed by atoms with van der Waals surface area (Å²) in [5.74, 6) is 1.30. The first-order chi connectivity index (χ1) is 13.1. The topological polar surface area (TPSA) is 56.5 Å². The van der Waals surface area contributed by atoms with Gasteiger partial charge < -0.3 is 4.74 Å². The molecule has 0 aliphatic rings. The van der Waals surface area contributed by atoms with E-state index in [-0.39, 0.29) is 5.56 Å². The van der Waals surface area contributed by atoms with E-state index >= 15 is 0 Å². The number of nitrogens with zero attached hydrogens (tertiary/aromatic N) is 3. The number of thiazole rings is 1. The highest BCUT2D eigenvalue weighted by Crippen LogP contribution is 2.17. The van der Waals surface area contributed by atoms with Crippen molar-refractivity contribution in [3.05, 3.63) is 84.8 Å². The average Bonchev–Trinajstić information content (AvgIpc) is 3.21. The van der Waals surface area contributed by atoms with Crippen LogP contribution in [0.4, 0.5) is 0 Å². The van der Waals surface area contributed by atoms with Crippen LogP contribution in [0.5, 0.6) is 5.75 Å². The number of methoxy groups -OCH3 is 1. The molecule has 27 heavy (non-hydrogen) atoms. The third-order valence-corrected chi connectivity index (χ3v) is 5.61. The van der Waals surface area contributed by atoms with Crippen molar-refractivity contribution in [2.24, 2.45) is 0 Å². The number of fused-ring (bicyclic) bond motifs is 1. The van der Waals surface area contributed by atoms with E-state index in [4.69, 9.17) is 4.74 Å². The largest absolute Gasteiger partial charge is 0.497 e. The Morgan fingerprint density at radius 2 is 1.89 bits per heavy atom. The molecule has 2 aromatic heterocycles. The van der Waals surface area contributed by atoms with Crippen molar-refractivity contribution in [1.82, 2.24) is 14.6 Å². The van der Waals surface area contributed by atoms with Crippen molar-refractivity contribution in [1.29, 1.82) is 0 Å². The summed E-state index contributed by atoms with van der Waals surface area (Å²) < 4.78 is 8.03. The Labute approximate surface area is 167 Å². The van der Waals surface area contributed by atoms with Gasteiger partial charge in [0.2, 0.25) is 4.96 Å². The highest BCUT2D eigenvalue weighted by atomic mass is 79.9. The Bertz CT molecular complexity index is 1240. The minimum Gasteiger partial charge on any atom is -0.497 e. The number of ether oxygens (including phenoxy) is 1. The Kier molecular flexibility index (Phi) is 4.87. The summed E-state index contributed by atoms with van der Waals surface area (Å²) in [6.45, 7) is 0. The first kappa shape index (κ1) is 17.6. The van der Waals surface area contributed by atoms with E-state index in [0.717, 1.165) is 21.3 Å². The zero-order valence-corrected chi connectivity index (χ0v) is 16.7. The lowest BCUT2D eigenvalue weighted by Crippen LogP contribution is -2.23. The Morgan fingerprint density at radius 3 is 2.59 bits per heavy atom. The van der Waals surface area contributed by atoms with Crippen LogP contribution in [0.2, 0.25) is 0 Å². The summed E-state index contributed by atoms with van der Waals surface area (Å²) in [5.41, 5.74) is 1.78. The molecule has 0 bridgehead atoms. The van der Waals surface area contributed by atoms with Gasteiger partial charge in [-0.05, 0) is 41.5 Å². The van der Waals surface area contributed by atoms with Crippen molar-refractivity contribution >= 4 is 50.5 Å². The minimum absolute atomic E-state index is 0.164. The van der Waals surface area contributed by atoms with Crippen LogP contribution in [-0.4, -0.2) is 21.7 Å². The van der Waals surface area contributed by atoms with E-state index in [1.165, 1.54) is 15.9 Å². The van der Waals surface area contributed by atoms with Crippen molar-refractivity contribution in [3.63, 3.8) is 0 Å². The monoisotopic (exact) mass is 439 g/mol. The maximum atomic E-state index is 12.6. The third kappa shape index (κ3) is 3.70. The summed E-state index contributed by atoms with van der Waals surface area (Å²) in [7, 11) is 1.63. The van der Waals surface area contributed by atoms with E-state index in [9.17, 15) is 4.79 Å². The lowest BCUT2D eigenvalue weighted by molar-refractivity contribution is 0.415. The van der Waals surface area contributed by atoms with Crippen LogP contribution in [0.15, 0.2) is 57.8 Å². The molecular weight excluding hydrogens is 426 g/mol. The molecule has 0 saturated heterocycles. The number of aromatic nitrogens is 3. The molecule has 0 saturated carbocycles. The second kappa shape index (κ2) is 7.46. The molecule has 5 nitrogen and oxygen atoms in total. The van der Waals surface area contributed by atoms with Crippen molar-refractivity contribution in [2.75, 3.05) is 7.11 Å². The highest BCUT2D eigenvalue weighted by Gasteiger charge is 2.09. The van der Waals surface area contributed by atoms with Gasteiger partial charge in [0.15, 0.2) is 5.82 Å². The first-order valence-corrected chi connectivity index (χ1v) is 9.73. The molecule has 4 aromatic rings. The lowest BCUT2D eigenvalue weighted by Gasteiger charge is -1.98.